The maximum atomic E-state index is 13.0. The summed E-state index contributed by atoms with van der Waals surface area (Å²) >= 11 is 1.61. The SMILES string of the molecule is CN(Cc1ccccc1)C(=O)CN1C(=O)COc2ccc(-c3csc(Cc4ccccc4)n3)cc21. The van der Waals surface area contributed by atoms with Crippen LogP contribution in [0.1, 0.15) is 16.1 Å². The number of thiazole rings is 1. The minimum absolute atomic E-state index is 0.0434. The molecule has 0 atom stereocenters. The molecule has 0 bridgehead atoms. The topological polar surface area (TPSA) is 62.7 Å². The number of benzene rings is 3. The molecule has 1 aliphatic rings. The van der Waals surface area contributed by atoms with Crippen LogP contribution in [-0.2, 0) is 22.6 Å². The second-order valence-corrected chi connectivity index (χ2v) is 9.42. The highest BCUT2D eigenvalue weighted by Gasteiger charge is 2.29. The van der Waals surface area contributed by atoms with Gasteiger partial charge < -0.3 is 9.64 Å². The molecule has 0 saturated heterocycles. The Kier molecular flexibility index (Phi) is 6.59. The van der Waals surface area contributed by atoms with Crippen LogP contribution in [0.2, 0.25) is 0 Å². The molecule has 1 aliphatic heterocycles. The van der Waals surface area contributed by atoms with Crippen molar-refractivity contribution in [2.24, 2.45) is 0 Å². The van der Waals surface area contributed by atoms with Crippen LogP contribution in [0.15, 0.2) is 84.2 Å². The third-order valence-electron chi connectivity index (χ3n) is 5.93. The average molecular weight is 484 g/mol. The van der Waals surface area contributed by atoms with Gasteiger partial charge in [-0.05, 0) is 29.3 Å². The molecule has 4 aromatic rings. The van der Waals surface area contributed by atoms with Crippen LogP contribution in [-0.4, -0.2) is 41.9 Å². The predicted octanol–water partition coefficient (Wildman–Crippen LogP) is 4.78. The van der Waals surface area contributed by atoms with Gasteiger partial charge in [0.15, 0.2) is 6.61 Å². The van der Waals surface area contributed by atoms with Crippen molar-refractivity contribution in [3.05, 3.63) is 100 Å². The summed E-state index contributed by atoms with van der Waals surface area (Å²) in [6.45, 7) is 0.354. The van der Waals surface area contributed by atoms with Crippen molar-refractivity contribution >= 4 is 28.8 Å². The Morgan fingerprint density at radius 1 is 1.03 bits per heavy atom. The van der Waals surface area contributed by atoms with Crippen molar-refractivity contribution in [1.82, 2.24) is 9.88 Å². The monoisotopic (exact) mass is 483 g/mol. The molecule has 0 unspecified atom stereocenters. The van der Waals surface area contributed by atoms with Gasteiger partial charge in [0.1, 0.15) is 12.3 Å². The first-order valence-corrected chi connectivity index (χ1v) is 12.3. The Labute approximate surface area is 208 Å². The van der Waals surface area contributed by atoms with Crippen molar-refractivity contribution in [3.63, 3.8) is 0 Å². The maximum Gasteiger partial charge on any atom is 0.265 e. The lowest BCUT2D eigenvalue weighted by Gasteiger charge is -2.30. The highest BCUT2D eigenvalue weighted by molar-refractivity contribution is 7.10. The largest absolute Gasteiger partial charge is 0.482 e. The van der Waals surface area contributed by atoms with E-state index in [0.29, 0.717) is 18.0 Å². The standard InChI is InChI=1S/C28H25N3O3S/c1-30(16-21-10-6-3-7-11-21)27(32)17-31-24-15-22(12-13-25(24)34-18-28(31)33)23-19-35-26(29-23)14-20-8-4-2-5-9-20/h2-13,15,19H,14,16-18H2,1H3. The third kappa shape index (κ3) is 5.25. The molecule has 0 aliphatic carbocycles. The molecule has 1 aromatic heterocycles. The van der Waals surface area contributed by atoms with Crippen LogP contribution >= 0.6 is 11.3 Å². The van der Waals surface area contributed by atoms with E-state index in [1.165, 1.54) is 10.5 Å². The van der Waals surface area contributed by atoms with Gasteiger partial charge >= 0.3 is 0 Å². The number of carbonyl (C=O) groups excluding carboxylic acids is 2. The summed E-state index contributed by atoms with van der Waals surface area (Å²) in [5.41, 5.74) is 4.57. The Bertz CT molecular complexity index is 1340. The van der Waals surface area contributed by atoms with Gasteiger partial charge in [0.2, 0.25) is 5.91 Å². The number of hydrogen-bond acceptors (Lipinski definition) is 5. The fourth-order valence-electron chi connectivity index (χ4n) is 4.03. The summed E-state index contributed by atoms with van der Waals surface area (Å²) in [4.78, 5) is 33.7. The molecule has 5 rings (SSSR count). The highest BCUT2D eigenvalue weighted by atomic mass is 32.1. The molecule has 0 radical (unpaired) electrons. The number of hydrogen-bond donors (Lipinski definition) is 0. The molecule has 2 amide bonds. The van der Waals surface area contributed by atoms with E-state index in [1.54, 1.807) is 23.3 Å². The first-order valence-electron chi connectivity index (χ1n) is 11.4. The molecule has 35 heavy (non-hydrogen) atoms. The van der Waals surface area contributed by atoms with Crippen molar-refractivity contribution in [3.8, 4) is 17.0 Å². The van der Waals surface area contributed by atoms with Crippen LogP contribution in [0.3, 0.4) is 0 Å². The fraction of sp³-hybridized carbons (Fsp3) is 0.179. The first kappa shape index (κ1) is 22.8. The summed E-state index contributed by atoms with van der Waals surface area (Å²) in [5.74, 6) is 0.213. The van der Waals surface area contributed by atoms with Gasteiger partial charge in [-0.1, -0.05) is 60.7 Å². The van der Waals surface area contributed by atoms with E-state index >= 15 is 0 Å². The van der Waals surface area contributed by atoms with Crippen LogP contribution in [0.4, 0.5) is 5.69 Å². The molecule has 2 heterocycles. The lowest BCUT2D eigenvalue weighted by atomic mass is 10.1. The van der Waals surface area contributed by atoms with E-state index < -0.39 is 0 Å². The average Bonchev–Trinajstić information content (AvgIpc) is 3.35. The Hall–Kier alpha value is -3.97. The maximum absolute atomic E-state index is 13.0. The molecule has 0 fully saturated rings. The number of fused-ring (bicyclic) bond motifs is 1. The number of amides is 2. The summed E-state index contributed by atoms with van der Waals surface area (Å²) in [5, 5.41) is 3.04. The number of likely N-dealkylation sites (N-methyl/N-ethyl adjacent to an activating group) is 1. The Balaban J connectivity index is 1.34. The van der Waals surface area contributed by atoms with E-state index in [2.05, 4.69) is 12.1 Å². The van der Waals surface area contributed by atoms with E-state index in [9.17, 15) is 9.59 Å². The normalized spacial score (nSPS) is 12.7. The summed E-state index contributed by atoms with van der Waals surface area (Å²) in [7, 11) is 1.75. The zero-order valence-corrected chi connectivity index (χ0v) is 20.2. The quantitative estimate of drug-likeness (QED) is 0.379. The number of anilines is 1. The van der Waals surface area contributed by atoms with Crippen LogP contribution in [0, 0.1) is 0 Å². The van der Waals surface area contributed by atoms with Crippen molar-refractivity contribution in [2.45, 2.75) is 13.0 Å². The molecule has 176 valence electrons. The van der Waals surface area contributed by atoms with Gasteiger partial charge in [-0.25, -0.2) is 4.98 Å². The van der Waals surface area contributed by atoms with E-state index in [0.717, 1.165) is 28.2 Å². The van der Waals surface area contributed by atoms with Gasteiger partial charge in [0.25, 0.3) is 5.91 Å². The van der Waals surface area contributed by atoms with Crippen molar-refractivity contribution in [2.75, 3.05) is 25.1 Å². The highest BCUT2D eigenvalue weighted by Crippen LogP contribution is 2.36. The number of nitrogens with zero attached hydrogens (tertiary/aromatic N) is 3. The van der Waals surface area contributed by atoms with E-state index in [4.69, 9.17) is 9.72 Å². The lowest BCUT2D eigenvalue weighted by molar-refractivity contribution is -0.131. The summed E-state index contributed by atoms with van der Waals surface area (Å²) < 4.78 is 5.64. The molecule has 6 nitrogen and oxygen atoms in total. The second-order valence-electron chi connectivity index (χ2n) is 8.48. The Morgan fingerprint density at radius 3 is 2.49 bits per heavy atom. The van der Waals surface area contributed by atoms with Crippen molar-refractivity contribution in [1.29, 1.82) is 0 Å². The number of aromatic nitrogens is 1. The molecule has 0 saturated carbocycles. The van der Waals surface area contributed by atoms with Crippen molar-refractivity contribution < 1.29 is 14.3 Å². The van der Waals surface area contributed by atoms with Crippen LogP contribution in [0.5, 0.6) is 5.75 Å². The minimum atomic E-state index is -0.237. The first-order chi connectivity index (χ1) is 17.1. The van der Waals surface area contributed by atoms with Gasteiger partial charge in [0, 0.05) is 31.0 Å². The number of rotatable bonds is 7. The smallest absolute Gasteiger partial charge is 0.265 e. The Morgan fingerprint density at radius 2 is 1.74 bits per heavy atom. The van der Waals surface area contributed by atoms with E-state index in [1.807, 2.05) is 72.1 Å². The summed E-state index contributed by atoms with van der Waals surface area (Å²) in [6.07, 6.45) is 0.770. The molecule has 3 aromatic carbocycles. The van der Waals surface area contributed by atoms with Crippen LogP contribution < -0.4 is 9.64 Å². The van der Waals surface area contributed by atoms with Gasteiger partial charge in [-0.3, -0.25) is 14.5 Å². The molecule has 7 heteroatoms. The van der Waals surface area contributed by atoms with Gasteiger partial charge in [0.05, 0.1) is 16.4 Å². The summed E-state index contributed by atoms with van der Waals surface area (Å²) in [6, 6.07) is 25.7. The molecular formula is C28H25N3O3S. The zero-order valence-electron chi connectivity index (χ0n) is 19.4. The number of carbonyl (C=O) groups is 2. The van der Waals surface area contributed by atoms with Crippen LogP contribution in [0.25, 0.3) is 11.3 Å². The van der Waals surface area contributed by atoms with E-state index in [-0.39, 0.29) is 25.0 Å². The lowest BCUT2D eigenvalue weighted by Crippen LogP contribution is -2.45. The second kappa shape index (κ2) is 10.1. The predicted molar refractivity (Wildman–Crippen MR) is 138 cm³/mol. The molecule has 0 N–H and O–H groups in total. The third-order valence-corrected chi connectivity index (χ3v) is 6.78. The molecule has 0 spiro atoms. The molecular weight excluding hydrogens is 458 g/mol. The zero-order chi connectivity index (χ0) is 24.2. The van der Waals surface area contributed by atoms with Gasteiger partial charge in [-0.15, -0.1) is 11.3 Å². The number of ether oxygens (including phenoxy) is 1. The van der Waals surface area contributed by atoms with Gasteiger partial charge in [-0.2, -0.15) is 0 Å². The minimum Gasteiger partial charge on any atom is -0.482 e. The fourth-order valence-corrected chi connectivity index (χ4v) is 4.87.